The third-order valence-electron chi connectivity index (χ3n) is 6.95. The number of sulfonamides is 1. The maximum atomic E-state index is 14.4. The number of nitrogens with one attached hydrogen (secondary N) is 1. The molecule has 4 aromatic rings. The number of ether oxygens (including phenoxy) is 1. The van der Waals surface area contributed by atoms with Crippen molar-refractivity contribution in [3.05, 3.63) is 123 Å². The van der Waals surface area contributed by atoms with E-state index in [1.54, 1.807) is 18.2 Å². The molecule has 0 spiro atoms. The zero-order valence-electron chi connectivity index (χ0n) is 23.9. The molecular formula is C32H30Cl3N3O5S. The normalized spacial score (nSPS) is 11.8. The van der Waals surface area contributed by atoms with Gasteiger partial charge in [0.1, 0.15) is 18.3 Å². The van der Waals surface area contributed by atoms with Crippen LogP contribution in [0.25, 0.3) is 0 Å². The van der Waals surface area contributed by atoms with Gasteiger partial charge in [-0.15, -0.1) is 0 Å². The zero-order chi connectivity index (χ0) is 31.9. The summed E-state index contributed by atoms with van der Waals surface area (Å²) < 4.78 is 34.3. The molecule has 12 heteroatoms. The minimum atomic E-state index is -4.29. The molecule has 1 N–H and O–H groups in total. The summed E-state index contributed by atoms with van der Waals surface area (Å²) in [5.41, 5.74) is 1.42. The zero-order valence-corrected chi connectivity index (χ0v) is 27.0. The van der Waals surface area contributed by atoms with E-state index in [1.807, 2.05) is 30.3 Å². The average Bonchev–Trinajstić information content (AvgIpc) is 3.03. The number of halogens is 3. The van der Waals surface area contributed by atoms with E-state index in [1.165, 1.54) is 67.6 Å². The molecule has 1 atom stereocenters. The lowest BCUT2D eigenvalue weighted by Gasteiger charge is -2.34. The molecule has 0 radical (unpaired) electrons. The molecule has 2 amide bonds. The van der Waals surface area contributed by atoms with Crippen molar-refractivity contribution in [3.8, 4) is 5.75 Å². The number of hydrogen-bond donors (Lipinski definition) is 1. The molecule has 0 aliphatic rings. The third kappa shape index (κ3) is 7.84. The number of hydrogen-bond acceptors (Lipinski definition) is 5. The highest BCUT2D eigenvalue weighted by molar-refractivity contribution is 7.92. The topological polar surface area (TPSA) is 96.0 Å². The lowest BCUT2D eigenvalue weighted by molar-refractivity contribution is -0.139. The Morgan fingerprint density at radius 2 is 1.45 bits per heavy atom. The van der Waals surface area contributed by atoms with Crippen LogP contribution in [0.4, 0.5) is 5.69 Å². The molecule has 0 aromatic heterocycles. The van der Waals surface area contributed by atoms with E-state index >= 15 is 0 Å². The molecule has 0 unspecified atom stereocenters. The van der Waals surface area contributed by atoms with Gasteiger partial charge in [-0.2, -0.15) is 0 Å². The van der Waals surface area contributed by atoms with E-state index in [4.69, 9.17) is 39.5 Å². The minimum Gasteiger partial charge on any atom is -0.497 e. The summed E-state index contributed by atoms with van der Waals surface area (Å²) in [6.07, 6.45) is 0.153. The molecular weight excluding hydrogens is 645 g/mol. The molecule has 0 saturated heterocycles. The lowest BCUT2D eigenvalue weighted by atomic mass is 10.0. The second-order valence-corrected chi connectivity index (χ2v) is 12.8. The highest BCUT2D eigenvalue weighted by Crippen LogP contribution is 2.30. The third-order valence-corrected chi connectivity index (χ3v) is 9.70. The van der Waals surface area contributed by atoms with Crippen molar-refractivity contribution >= 4 is 62.3 Å². The number of methoxy groups -OCH3 is 1. The maximum absolute atomic E-state index is 14.4. The Kier molecular flexibility index (Phi) is 11.2. The first kappa shape index (κ1) is 33.1. The Morgan fingerprint density at radius 3 is 2.02 bits per heavy atom. The quantitative estimate of drug-likeness (QED) is 0.192. The van der Waals surface area contributed by atoms with Crippen molar-refractivity contribution in [1.82, 2.24) is 10.2 Å². The minimum absolute atomic E-state index is 0.0612. The Morgan fingerprint density at radius 1 is 0.841 bits per heavy atom. The second-order valence-electron chi connectivity index (χ2n) is 9.71. The molecule has 0 heterocycles. The fraction of sp³-hybridized carbons (Fsp3) is 0.188. The fourth-order valence-corrected chi connectivity index (χ4v) is 6.64. The van der Waals surface area contributed by atoms with Crippen molar-refractivity contribution < 1.29 is 22.7 Å². The smallest absolute Gasteiger partial charge is 0.264 e. The van der Waals surface area contributed by atoms with E-state index in [-0.39, 0.29) is 23.5 Å². The van der Waals surface area contributed by atoms with Gasteiger partial charge in [-0.3, -0.25) is 13.9 Å². The molecule has 0 bridgehead atoms. The van der Waals surface area contributed by atoms with E-state index in [0.717, 1.165) is 9.87 Å². The van der Waals surface area contributed by atoms with Gasteiger partial charge >= 0.3 is 0 Å². The Labute approximate surface area is 272 Å². The maximum Gasteiger partial charge on any atom is 0.264 e. The van der Waals surface area contributed by atoms with E-state index in [2.05, 4.69) is 5.32 Å². The van der Waals surface area contributed by atoms with Crippen molar-refractivity contribution in [2.24, 2.45) is 0 Å². The fourth-order valence-electron chi connectivity index (χ4n) is 4.59. The van der Waals surface area contributed by atoms with Crippen molar-refractivity contribution in [3.63, 3.8) is 0 Å². The summed E-state index contributed by atoms with van der Waals surface area (Å²) in [5, 5.41) is 3.62. The van der Waals surface area contributed by atoms with Crippen molar-refractivity contribution in [2.75, 3.05) is 25.0 Å². The van der Waals surface area contributed by atoms with Gasteiger partial charge < -0.3 is 15.0 Å². The Hall–Kier alpha value is -3.76. The van der Waals surface area contributed by atoms with Crippen LogP contribution in [0.5, 0.6) is 5.75 Å². The van der Waals surface area contributed by atoms with Crippen LogP contribution in [0.2, 0.25) is 15.1 Å². The second kappa shape index (κ2) is 14.8. The molecule has 0 saturated carbocycles. The van der Waals surface area contributed by atoms with Gasteiger partial charge in [0.05, 0.1) is 17.7 Å². The van der Waals surface area contributed by atoms with Gasteiger partial charge in [0.25, 0.3) is 10.0 Å². The van der Waals surface area contributed by atoms with Gasteiger partial charge in [-0.25, -0.2) is 8.42 Å². The van der Waals surface area contributed by atoms with Crippen LogP contribution in [0.1, 0.15) is 11.1 Å². The number of amides is 2. The van der Waals surface area contributed by atoms with Gasteiger partial charge in [0.2, 0.25) is 11.8 Å². The largest absolute Gasteiger partial charge is 0.497 e. The molecule has 0 aliphatic heterocycles. The Balaban J connectivity index is 1.81. The molecule has 8 nitrogen and oxygen atoms in total. The highest BCUT2D eigenvalue weighted by atomic mass is 35.5. The first-order chi connectivity index (χ1) is 21.0. The number of anilines is 1. The number of benzene rings is 4. The predicted molar refractivity (Wildman–Crippen MR) is 174 cm³/mol. The molecule has 4 rings (SSSR count). The summed E-state index contributed by atoms with van der Waals surface area (Å²) in [4.78, 5) is 29.0. The molecule has 0 fully saturated rings. The SMILES string of the molecule is CNC(=O)[C@H](Cc1ccccc1)N(Cc1c(Cl)cccc1Cl)C(=O)CN(c1ccc(Cl)cc1)S(=O)(=O)c1ccc(OC)cc1. The highest BCUT2D eigenvalue weighted by Gasteiger charge is 2.35. The lowest BCUT2D eigenvalue weighted by Crippen LogP contribution is -2.53. The molecule has 0 aliphatic carbocycles. The number of carbonyl (C=O) groups excluding carboxylic acids is 2. The summed E-state index contributed by atoms with van der Waals surface area (Å²) in [5.74, 6) is -0.630. The first-order valence-electron chi connectivity index (χ1n) is 13.5. The molecule has 230 valence electrons. The summed E-state index contributed by atoms with van der Waals surface area (Å²) >= 11 is 19.1. The monoisotopic (exact) mass is 673 g/mol. The van der Waals surface area contributed by atoms with Gasteiger partial charge in [0.15, 0.2) is 0 Å². The van der Waals surface area contributed by atoms with Crippen LogP contribution in [0, 0.1) is 0 Å². The number of carbonyl (C=O) groups is 2. The van der Waals surface area contributed by atoms with Gasteiger partial charge in [-0.1, -0.05) is 71.2 Å². The number of rotatable bonds is 12. The molecule has 4 aromatic carbocycles. The van der Waals surface area contributed by atoms with Crippen molar-refractivity contribution in [1.29, 1.82) is 0 Å². The van der Waals surface area contributed by atoms with Crippen LogP contribution in [-0.2, 0) is 32.6 Å². The van der Waals surface area contributed by atoms with E-state index in [0.29, 0.717) is 26.4 Å². The van der Waals surface area contributed by atoms with Crippen LogP contribution in [0.3, 0.4) is 0 Å². The summed E-state index contributed by atoms with van der Waals surface area (Å²) in [7, 11) is -1.34. The predicted octanol–water partition coefficient (Wildman–Crippen LogP) is 6.24. The van der Waals surface area contributed by atoms with E-state index < -0.39 is 34.4 Å². The standard InChI is InChI=1S/C32H30Cl3N3O5S/c1-36-32(40)30(19-22-7-4-3-5-8-22)37(20-27-28(34)9-6-10-29(27)35)31(39)21-38(24-13-11-23(33)12-14-24)44(41,42)26-17-15-25(43-2)16-18-26/h3-18,30H,19-21H2,1-2H3,(H,36,40)/t30-/m0/s1. The van der Waals surface area contributed by atoms with Gasteiger partial charge in [-0.05, 0) is 66.2 Å². The van der Waals surface area contributed by atoms with Crippen molar-refractivity contribution in [2.45, 2.75) is 23.9 Å². The Bertz CT molecular complexity index is 1680. The van der Waals surface area contributed by atoms with Crippen LogP contribution < -0.4 is 14.4 Å². The molecule has 44 heavy (non-hydrogen) atoms. The van der Waals surface area contributed by atoms with Crippen LogP contribution in [0.15, 0.2) is 102 Å². The summed E-state index contributed by atoms with van der Waals surface area (Å²) in [6, 6.07) is 25.0. The average molecular weight is 675 g/mol. The first-order valence-corrected chi connectivity index (χ1v) is 16.0. The number of nitrogens with zero attached hydrogens (tertiary/aromatic N) is 2. The number of likely N-dealkylation sites (N-methyl/N-ethyl adjacent to an activating group) is 1. The summed E-state index contributed by atoms with van der Waals surface area (Å²) in [6.45, 7) is -0.792. The van der Waals surface area contributed by atoms with E-state index in [9.17, 15) is 18.0 Å². The van der Waals surface area contributed by atoms with Gasteiger partial charge in [0, 0.05) is 40.6 Å². The van der Waals surface area contributed by atoms with Crippen LogP contribution >= 0.6 is 34.8 Å². The van der Waals surface area contributed by atoms with Crippen LogP contribution in [-0.4, -0.2) is 51.9 Å².